The summed E-state index contributed by atoms with van der Waals surface area (Å²) < 4.78 is 5.11. The predicted molar refractivity (Wildman–Crippen MR) is 133 cm³/mol. The lowest BCUT2D eigenvalue weighted by Crippen LogP contribution is -2.43. The Morgan fingerprint density at radius 3 is 2.37 bits per heavy atom. The SMILES string of the molecule is COc1ccc(-c2ccc(CN3CCN(C[C@H](O)CN4CCc5ccccc5C4)C3=O)nc2)cn1. The minimum Gasteiger partial charge on any atom is -0.481 e. The standard InChI is InChI=1S/C27H31N5O3/c1-35-26-9-7-22(15-29-26)21-6-8-24(28-14-21)17-31-12-13-32(27(31)34)19-25(33)18-30-11-10-20-4-2-3-5-23(20)16-30/h2-9,14-15,25,33H,10-13,16-19H2,1H3/t25-/m1/s1. The number of hydrogen-bond donors (Lipinski definition) is 1. The van der Waals surface area contributed by atoms with Crippen LogP contribution in [0.15, 0.2) is 60.9 Å². The van der Waals surface area contributed by atoms with Gasteiger partial charge < -0.3 is 19.6 Å². The van der Waals surface area contributed by atoms with Gasteiger partial charge >= 0.3 is 6.03 Å². The minimum atomic E-state index is -0.570. The number of β-amino-alcohol motifs (C(OH)–C–C–N with tert-alkyl or cyclic N) is 1. The van der Waals surface area contributed by atoms with E-state index in [2.05, 4.69) is 39.1 Å². The summed E-state index contributed by atoms with van der Waals surface area (Å²) in [6, 6.07) is 16.1. The van der Waals surface area contributed by atoms with E-state index in [1.165, 1.54) is 11.1 Å². The number of ether oxygens (including phenoxy) is 1. The first-order valence-corrected chi connectivity index (χ1v) is 12.1. The molecular formula is C27H31N5O3. The number of carbonyl (C=O) groups excluding carboxylic acids is 1. The van der Waals surface area contributed by atoms with Crippen LogP contribution in [0.4, 0.5) is 4.79 Å². The summed E-state index contributed by atoms with van der Waals surface area (Å²) in [5.41, 5.74) is 5.47. The van der Waals surface area contributed by atoms with E-state index in [1.54, 1.807) is 29.3 Å². The number of nitrogens with zero attached hydrogens (tertiary/aromatic N) is 5. The van der Waals surface area contributed by atoms with Crippen LogP contribution in [0, 0.1) is 0 Å². The summed E-state index contributed by atoms with van der Waals surface area (Å²) in [5.74, 6) is 0.571. The maximum absolute atomic E-state index is 12.9. The van der Waals surface area contributed by atoms with Crippen LogP contribution in [-0.4, -0.2) is 81.7 Å². The molecule has 1 saturated heterocycles. The van der Waals surface area contributed by atoms with Gasteiger partial charge in [-0.15, -0.1) is 0 Å². The number of urea groups is 1. The van der Waals surface area contributed by atoms with Gasteiger partial charge in [0.25, 0.3) is 0 Å². The highest BCUT2D eigenvalue weighted by atomic mass is 16.5. The van der Waals surface area contributed by atoms with E-state index in [9.17, 15) is 9.90 Å². The third-order valence-corrected chi connectivity index (χ3v) is 6.75. The van der Waals surface area contributed by atoms with Crippen LogP contribution in [0.2, 0.25) is 0 Å². The van der Waals surface area contributed by atoms with Crippen LogP contribution in [0.5, 0.6) is 5.88 Å². The van der Waals surface area contributed by atoms with Gasteiger partial charge in [0.1, 0.15) is 0 Å². The maximum Gasteiger partial charge on any atom is 0.320 e. The number of hydrogen-bond acceptors (Lipinski definition) is 6. The van der Waals surface area contributed by atoms with E-state index >= 15 is 0 Å². The van der Waals surface area contributed by atoms with Crippen LogP contribution in [0.1, 0.15) is 16.8 Å². The average molecular weight is 474 g/mol. The molecule has 1 fully saturated rings. The van der Waals surface area contributed by atoms with Crippen LogP contribution >= 0.6 is 0 Å². The lowest BCUT2D eigenvalue weighted by Gasteiger charge is -2.31. The molecule has 4 heterocycles. The molecule has 182 valence electrons. The number of carbonyl (C=O) groups is 1. The first-order chi connectivity index (χ1) is 17.1. The highest BCUT2D eigenvalue weighted by molar-refractivity contribution is 5.76. The molecule has 2 aromatic heterocycles. The van der Waals surface area contributed by atoms with Crippen molar-refractivity contribution in [3.8, 4) is 17.0 Å². The number of aromatic nitrogens is 2. The van der Waals surface area contributed by atoms with Crippen molar-refractivity contribution < 1.29 is 14.6 Å². The van der Waals surface area contributed by atoms with Crippen LogP contribution in [0.3, 0.4) is 0 Å². The fraction of sp³-hybridized carbons (Fsp3) is 0.370. The lowest BCUT2D eigenvalue weighted by atomic mass is 10.00. The molecule has 0 unspecified atom stereocenters. The molecule has 2 aliphatic heterocycles. The lowest BCUT2D eigenvalue weighted by molar-refractivity contribution is 0.0812. The van der Waals surface area contributed by atoms with Gasteiger partial charge in [-0.1, -0.05) is 30.3 Å². The minimum absolute atomic E-state index is 0.0433. The quantitative estimate of drug-likeness (QED) is 0.542. The largest absolute Gasteiger partial charge is 0.481 e. The topological polar surface area (TPSA) is 82.0 Å². The summed E-state index contributed by atoms with van der Waals surface area (Å²) in [6.07, 6.45) is 3.99. The molecule has 0 aliphatic carbocycles. The average Bonchev–Trinajstić information content (AvgIpc) is 3.23. The molecule has 2 aliphatic rings. The molecule has 0 spiro atoms. The van der Waals surface area contributed by atoms with Gasteiger partial charge in [-0.25, -0.2) is 9.78 Å². The van der Waals surface area contributed by atoms with Crippen LogP contribution < -0.4 is 4.74 Å². The van der Waals surface area contributed by atoms with Gasteiger partial charge in [0.2, 0.25) is 5.88 Å². The van der Waals surface area contributed by atoms with E-state index < -0.39 is 6.10 Å². The van der Waals surface area contributed by atoms with E-state index in [-0.39, 0.29) is 6.03 Å². The Hall–Kier alpha value is -3.49. The van der Waals surface area contributed by atoms with E-state index in [4.69, 9.17) is 4.74 Å². The predicted octanol–water partition coefficient (Wildman–Crippen LogP) is 2.81. The van der Waals surface area contributed by atoms with Crippen molar-refractivity contribution in [2.45, 2.75) is 25.6 Å². The molecule has 8 heteroatoms. The Labute approximate surface area is 205 Å². The molecule has 5 rings (SSSR count). The van der Waals surface area contributed by atoms with Gasteiger partial charge in [0, 0.05) is 68.9 Å². The zero-order chi connectivity index (χ0) is 24.2. The zero-order valence-corrected chi connectivity index (χ0v) is 20.0. The number of amides is 2. The maximum atomic E-state index is 12.9. The van der Waals surface area contributed by atoms with Crippen molar-refractivity contribution >= 4 is 6.03 Å². The molecule has 0 bridgehead atoms. The first kappa shape index (κ1) is 23.3. The Kier molecular flexibility index (Phi) is 6.92. The van der Waals surface area contributed by atoms with Crippen molar-refractivity contribution in [3.05, 3.63) is 77.7 Å². The molecule has 1 aromatic carbocycles. The summed E-state index contributed by atoms with van der Waals surface area (Å²) in [5, 5.41) is 10.7. The second-order valence-electron chi connectivity index (χ2n) is 9.19. The summed E-state index contributed by atoms with van der Waals surface area (Å²) in [6.45, 7) is 4.41. The fourth-order valence-electron chi connectivity index (χ4n) is 4.83. The van der Waals surface area contributed by atoms with Gasteiger partial charge in [0.15, 0.2) is 0 Å². The summed E-state index contributed by atoms with van der Waals surface area (Å²) >= 11 is 0. The zero-order valence-electron chi connectivity index (χ0n) is 20.0. The van der Waals surface area contributed by atoms with E-state index in [0.29, 0.717) is 38.6 Å². The number of fused-ring (bicyclic) bond motifs is 1. The first-order valence-electron chi connectivity index (χ1n) is 12.1. The molecule has 3 aromatic rings. The van der Waals surface area contributed by atoms with E-state index in [1.807, 2.05) is 24.3 Å². The number of rotatable bonds is 8. The number of aliphatic hydroxyl groups excluding tert-OH is 1. The van der Waals surface area contributed by atoms with Gasteiger partial charge in [-0.3, -0.25) is 9.88 Å². The molecule has 2 amide bonds. The summed E-state index contributed by atoms with van der Waals surface area (Å²) in [7, 11) is 1.59. The van der Waals surface area contributed by atoms with Crippen LogP contribution in [-0.2, 0) is 19.5 Å². The second-order valence-corrected chi connectivity index (χ2v) is 9.19. The Morgan fingerprint density at radius 1 is 0.914 bits per heavy atom. The van der Waals surface area contributed by atoms with Crippen molar-refractivity contribution in [2.24, 2.45) is 0 Å². The summed E-state index contributed by atoms with van der Waals surface area (Å²) in [4.78, 5) is 27.5. The monoisotopic (exact) mass is 473 g/mol. The van der Waals surface area contributed by atoms with Gasteiger partial charge in [0.05, 0.1) is 25.5 Å². The molecular weight excluding hydrogens is 442 g/mol. The second kappa shape index (κ2) is 10.4. The number of methoxy groups -OCH3 is 1. The number of aliphatic hydroxyl groups is 1. The molecule has 8 nitrogen and oxygen atoms in total. The Bertz CT molecular complexity index is 1150. The number of pyridine rings is 2. The van der Waals surface area contributed by atoms with Crippen molar-refractivity contribution in [3.63, 3.8) is 0 Å². The Morgan fingerprint density at radius 2 is 1.66 bits per heavy atom. The highest BCUT2D eigenvalue weighted by Gasteiger charge is 2.30. The fourth-order valence-corrected chi connectivity index (χ4v) is 4.83. The highest BCUT2D eigenvalue weighted by Crippen LogP contribution is 2.21. The van der Waals surface area contributed by atoms with E-state index in [0.717, 1.165) is 36.3 Å². The van der Waals surface area contributed by atoms with Gasteiger partial charge in [-0.2, -0.15) is 0 Å². The van der Waals surface area contributed by atoms with Crippen LogP contribution in [0.25, 0.3) is 11.1 Å². The normalized spacial score (nSPS) is 16.9. The third kappa shape index (κ3) is 5.44. The molecule has 0 saturated carbocycles. The molecule has 1 atom stereocenters. The van der Waals surface area contributed by atoms with Crippen molar-refractivity contribution in [2.75, 3.05) is 39.8 Å². The smallest absolute Gasteiger partial charge is 0.320 e. The van der Waals surface area contributed by atoms with Gasteiger partial charge in [-0.05, 0) is 29.7 Å². The van der Waals surface area contributed by atoms with Crippen molar-refractivity contribution in [1.29, 1.82) is 0 Å². The number of benzene rings is 1. The Balaban J connectivity index is 1.12. The third-order valence-electron chi connectivity index (χ3n) is 6.75. The molecule has 1 N–H and O–H groups in total. The van der Waals surface area contributed by atoms with Crippen molar-refractivity contribution in [1.82, 2.24) is 24.7 Å². The molecule has 35 heavy (non-hydrogen) atoms. The molecule has 0 radical (unpaired) electrons.